The molecule has 1 saturated heterocycles. The third kappa shape index (κ3) is 4.37. The quantitative estimate of drug-likeness (QED) is 0.629. The van der Waals surface area contributed by atoms with Gasteiger partial charge in [0.15, 0.2) is 0 Å². The van der Waals surface area contributed by atoms with Gasteiger partial charge in [0.25, 0.3) is 0 Å². The standard InChI is InChI=1S/C24H29N3/c1-2-3-14-26-15-17-27(18-16-26)19-20-9-11-21(12-10-20)23-8-4-6-22-7-5-13-25-24(22)23/h4-13H,2-3,14-19H2,1H3. The number of hydrogen-bond donors (Lipinski definition) is 0. The lowest BCUT2D eigenvalue weighted by Crippen LogP contribution is -2.46. The molecular formula is C24H29N3. The van der Waals surface area contributed by atoms with Gasteiger partial charge in [-0.2, -0.15) is 0 Å². The van der Waals surface area contributed by atoms with E-state index in [1.54, 1.807) is 0 Å². The highest BCUT2D eigenvalue weighted by molar-refractivity contribution is 5.93. The molecule has 3 aromatic rings. The lowest BCUT2D eigenvalue weighted by atomic mass is 10.0. The number of nitrogens with zero attached hydrogens (tertiary/aromatic N) is 3. The molecule has 0 bridgehead atoms. The molecule has 0 unspecified atom stereocenters. The van der Waals surface area contributed by atoms with Crippen molar-refractivity contribution in [3.63, 3.8) is 0 Å². The molecule has 1 aliphatic rings. The summed E-state index contributed by atoms with van der Waals surface area (Å²) in [6.45, 7) is 9.36. The summed E-state index contributed by atoms with van der Waals surface area (Å²) in [6.07, 6.45) is 4.49. The first kappa shape index (κ1) is 18.1. The Morgan fingerprint density at radius 1 is 0.852 bits per heavy atom. The van der Waals surface area contributed by atoms with E-state index in [2.05, 4.69) is 70.2 Å². The van der Waals surface area contributed by atoms with E-state index in [9.17, 15) is 0 Å². The van der Waals surface area contributed by atoms with Crippen molar-refractivity contribution in [2.75, 3.05) is 32.7 Å². The third-order valence-electron chi connectivity index (χ3n) is 5.60. The molecule has 1 fully saturated rings. The summed E-state index contributed by atoms with van der Waals surface area (Å²) in [7, 11) is 0. The average Bonchev–Trinajstić information content (AvgIpc) is 2.73. The second kappa shape index (κ2) is 8.64. The Kier molecular flexibility index (Phi) is 5.81. The molecule has 3 heteroatoms. The summed E-state index contributed by atoms with van der Waals surface area (Å²) in [5, 5.41) is 1.19. The first-order chi connectivity index (χ1) is 13.3. The summed E-state index contributed by atoms with van der Waals surface area (Å²) in [5.41, 5.74) is 4.93. The molecule has 2 heterocycles. The fraction of sp³-hybridized carbons (Fsp3) is 0.375. The van der Waals surface area contributed by atoms with Gasteiger partial charge in [0.2, 0.25) is 0 Å². The lowest BCUT2D eigenvalue weighted by Gasteiger charge is -2.34. The van der Waals surface area contributed by atoms with Gasteiger partial charge in [-0.3, -0.25) is 9.88 Å². The van der Waals surface area contributed by atoms with Crippen molar-refractivity contribution in [1.29, 1.82) is 0 Å². The zero-order chi connectivity index (χ0) is 18.5. The van der Waals surface area contributed by atoms with Gasteiger partial charge in [-0.05, 0) is 30.2 Å². The SMILES string of the molecule is CCCCN1CCN(Cc2ccc(-c3cccc4cccnc34)cc2)CC1. The smallest absolute Gasteiger partial charge is 0.0780 e. The summed E-state index contributed by atoms with van der Waals surface area (Å²) in [5.74, 6) is 0. The number of para-hydroxylation sites is 1. The van der Waals surface area contributed by atoms with E-state index < -0.39 is 0 Å². The van der Waals surface area contributed by atoms with E-state index in [0.717, 1.165) is 12.1 Å². The van der Waals surface area contributed by atoms with Crippen molar-refractivity contribution in [3.05, 3.63) is 66.4 Å². The number of rotatable bonds is 6. The average molecular weight is 360 g/mol. The van der Waals surface area contributed by atoms with Gasteiger partial charge in [-0.1, -0.05) is 61.9 Å². The maximum absolute atomic E-state index is 4.59. The monoisotopic (exact) mass is 359 g/mol. The Morgan fingerprint density at radius 3 is 2.37 bits per heavy atom. The largest absolute Gasteiger partial charge is 0.301 e. The molecule has 0 atom stereocenters. The Morgan fingerprint density at radius 2 is 1.59 bits per heavy atom. The zero-order valence-corrected chi connectivity index (χ0v) is 16.3. The Hall–Kier alpha value is -2.23. The van der Waals surface area contributed by atoms with E-state index in [0.29, 0.717) is 0 Å². The Bertz CT molecular complexity index is 859. The van der Waals surface area contributed by atoms with Crippen LogP contribution in [0.4, 0.5) is 0 Å². The molecule has 0 N–H and O–H groups in total. The molecule has 4 rings (SSSR count). The van der Waals surface area contributed by atoms with Crippen molar-refractivity contribution in [1.82, 2.24) is 14.8 Å². The highest BCUT2D eigenvalue weighted by Gasteiger charge is 2.16. The van der Waals surface area contributed by atoms with Crippen LogP contribution in [0.25, 0.3) is 22.0 Å². The van der Waals surface area contributed by atoms with Crippen LogP contribution in [0.2, 0.25) is 0 Å². The number of fused-ring (bicyclic) bond motifs is 1. The third-order valence-corrected chi connectivity index (χ3v) is 5.60. The molecule has 3 nitrogen and oxygen atoms in total. The van der Waals surface area contributed by atoms with Crippen LogP contribution in [0, 0.1) is 0 Å². The topological polar surface area (TPSA) is 19.4 Å². The fourth-order valence-electron chi connectivity index (χ4n) is 3.94. The van der Waals surface area contributed by atoms with Crippen molar-refractivity contribution in [2.24, 2.45) is 0 Å². The lowest BCUT2D eigenvalue weighted by molar-refractivity contribution is 0.126. The van der Waals surface area contributed by atoms with Crippen molar-refractivity contribution in [2.45, 2.75) is 26.3 Å². The van der Waals surface area contributed by atoms with Crippen LogP contribution >= 0.6 is 0 Å². The van der Waals surface area contributed by atoms with Crippen molar-refractivity contribution >= 4 is 10.9 Å². The van der Waals surface area contributed by atoms with E-state index in [4.69, 9.17) is 0 Å². The number of piperazine rings is 1. The maximum Gasteiger partial charge on any atom is 0.0780 e. The highest BCUT2D eigenvalue weighted by Crippen LogP contribution is 2.27. The second-order valence-electron chi connectivity index (χ2n) is 7.55. The Labute approximate surface area is 162 Å². The predicted molar refractivity (Wildman–Crippen MR) is 114 cm³/mol. The minimum atomic E-state index is 1.05. The number of unbranched alkanes of at least 4 members (excludes halogenated alkanes) is 1. The molecule has 0 aliphatic carbocycles. The highest BCUT2D eigenvalue weighted by atomic mass is 15.3. The molecule has 27 heavy (non-hydrogen) atoms. The van der Waals surface area contributed by atoms with Crippen LogP contribution in [0.15, 0.2) is 60.8 Å². The fourth-order valence-corrected chi connectivity index (χ4v) is 3.94. The van der Waals surface area contributed by atoms with Gasteiger partial charge in [0.1, 0.15) is 0 Å². The van der Waals surface area contributed by atoms with E-state index in [-0.39, 0.29) is 0 Å². The summed E-state index contributed by atoms with van der Waals surface area (Å²) in [6, 6.07) is 19.6. The molecule has 0 saturated carbocycles. The van der Waals surface area contributed by atoms with Gasteiger partial charge >= 0.3 is 0 Å². The number of aromatic nitrogens is 1. The van der Waals surface area contributed by atoms with Crippen LogP contribution in [-0.2, 0) is 6.54 Å². The molecule has 0 radical (unpaired) electrons. The van der Waals surface area contributed by atoms with Gasteiger partial charge in [-0.25, -0.2) is 0 Å². The van der Waals surface area contributed by atoms with Crippen molar-refractivity contribution in [3.8, 4) is 11.1 Å². The van der Waals surface area contributed by atoms with Crippen LogP contribution < -0.4 is 0 Å². The second-order valence-corrected chi connectivity index (χ2v) is 7.55. The van der Waals surface area contributed by atoms with Crippen molar-refractivity contribution < 1.29 is 0 Å². The molecule has 2 aromatic carbocycles. The Balaban J connectivity index is 1.41. The summed E-state index contributed by atoms with van der Waals surface area (Å²) in [4.78, 5) is 9.78. The number of benzene rings is 2. The molecule has 1 aromatic heterocycles. The molecule has 0 spiro atoms. The zero-order valence-electron chi connectivity index (χ0n) is 16.3. The van der Waals surface area contributed by atoms with Gasteiger partial charge in [-0.15, -0.1) is 0 Å². The van der Waals surface area contributed by atoms with Crippen LogP contribution in [-0.4, -0.2) is 47.5 Å². The first-order valence-electron chi connectivity index (χ1n) is 10.2. The first-order valence-corrected chi connectivity index (χ1v) is 10.2. The van der Waals surface area contributed by atoms with Gasteiger partial charge < -0.3 is 4.90 Å². The predicted octanol–water partition coefficient (Wildman–Crippen LogP) is 4.82. The van der Waals surface area contributed by atoms with Crippen LogP contribution in [0.3, 0.4) is 0 Å². The van der Waals surface area contributed by atoms with Gasteiger partial charge in [0.05, 0.1) is 5.52 Å². The minimum Gasteiger partial charge on any atom is -0.301 e. The number of pyridine rings is 1. The van der Waals surface area contributed by atoms with Crippen LogP contribution in [0.5, 0.6) is 0 Å². The minimum absolute atomic E-state index is 1.05. The van der Waals surface area contributed by atoms with E-state index in [1.807, 2.05) is 12.3 Å². The van der Waals surface area contributed by atoms with Gasteiger partial charge in [0, 0.05) is 49.9 Å². The molecule has 1 aliphatic heterocycles. The molecule has 140 valence electrons. The van der Waals surface area contributed by atoms with E-state index in [1.165, 1.54) is 67.6 Å². The molecule has 0 amide bonds. The normalized spacial score (nSPS) is 16.0. The van der Waals surface area contributed by atoms with Crippen LogP contribution in [0.1, 0.15) is 25.3 Å². The summed E-state index contributed by atoms with van der Waals surface area (Å²) >= 11 is 0. The summed E-state index contributed by atoms with van der Waals surface area (Å²) < 4.78 is 0. The van der Waals surface area contributed by atoms with E-state index >= 15 is 0 Å². The number of hydrogen-bond acceptors (Lipinski definition) is 3. The maximum atomic E-state index is 4.59. The molecular weight excluding hydrogens is 330 g/mol.